The minimum Gasteiger partial charge on any atom is -0.508 e. The highest BCUT2D eigenvalue weighted by Crippen LogP contribution is 2.46. The summed E-state index contributed by atoms with van der Waals surface area (Å²) in [5, 5.41) is 9.66. The number of rotatable bonds is 8. The minimum absolute atomic E-state index is 0.327. The van der Waals surface area contributed by atoms with E-state index in [4.69, 9.17) is 0 Å². The molecular weight excluding hydrogens is 400 g/mol. The fourth-order valence-corrected chi connectivity index (χ4v) is 5.79. The van der Waals surface area contributed by atoms with Crippen LogP contribution >= 0.6 is 0 Å². The molecule has 0 aliphatic heterocycles. The predicted octanol–water partition coefficient (Wildman–Crippen LogP) is 9.46. The third-order valence-electron chi connectivity index (χ3n) is 8.03. The van der Waals surface area contributed by atoms with Crippen LogP contribution in [0.15, 0.2) is 66.7 Å². The quantitative estimate of drug-likeness (QED) is 0.347. The monoisotopic (exact) mass is 438 g/mol. The van der Waals surface area contributed by atoms with E-state index in [1.54, 1.807) is 12.1 Å². The average molecular weight is 439 g/mol. The first kappa shape index (κ1) is 22.3. The van der Waals surface area contributed by atoms with Gasteiger partial charge in [-0.1, -0.05) is 87.2 Å². The van der Waals surface area contributed by atoms with Gasteiger partial charge in [0.2, 0.25) is 0 Å². The van der Waals surface area contributed by atoms with Gasteiger partial charge in [0, 0.05) is 0 Å². The van der Waals surface area contributed by atoms with Crippen molar-refractivity contribution in [3.05, 3.63) is 77.9 Å². The molecule has 33 heavy (non-hydrogen) atoms. The Morgan fingerprint density at radius 1 is 0.667 bits per heavy atom. The molecule has 2 fully saturated rings. The van der Waals surface area contributed by atoms with Crippen LogP contribution in [-0.2, 0) is 0 Å². The van der Waals surface area contributed by atoms with Crippen LogP contribution in [0.5, 0.6) is 5.75 Å². The Morgan fingerprint density at radius 2 is 1.30 bits per heavy atom. The van der Waals surface area contributed by atoms with Gasteiger partial charge in [-0.3, -0.25) is 0 Å². The summed E-state index contributed by atoms with van der Waals surface area (Å²) in [6, 6.07) is 24.1. The van der Waals surface area contributed by atoms with Gasteiger partial charge in [-0.15, -0.1) is 0 Å². The van der Waals surface area contributed by atoms with Crippen molar-refractivity contribution in [1.29, 1.82) is 0 Å². The minimum atomic E-state index is 0.327. The molecule has 0 radical (unpaired) electrons. The van der Waals surface area contributed by atoms with Crippen molar-refractivity contribution in [2.24, 2.45) is 5.92 Å². The molecule has 0 saturated heterocycles. The largest absolute Gasteiger partial charge is 0.508 e. The third-order valence-corrected chi connectivity index (χ3v) is 8.03. The number of hydrogen-bond acceptors (Lipinski definition) is 1. The van der Waals surface area contributed by atoms with Crippen molar-refractivity contribution >= 4 is 0 Å². The maximum atomic E-state index is 9.66. The van der Waals surface area contributed by atoms with Gasteiger partial charge in [0.1, 0.15) is 5.75 Å². The van der Waals surface area contributed by atoms with E-state index in [1.807, 2.05) is 12.1 Å². The highest BCUT2D eigenvalue weighted by molar-refractivity contribution is 5.75. The van der Waals surface area contributed by atoms with E-state index in [2.05, 4.69) is 49.4 Å². The number of unbranched alkanes of at least 4 members (excludes halogenated alkanes) is 2. The van der Waals surface area contributed by atoms with Crippen molar-refractivity contribution in [3.63, 3.8) is 0 Å². The number of aromatic hydroxyl groups is 1. The molecule has 0 unspecified atom stereocenters. The van der Waals surface area contributed by atoms with E-state index in [9.17, 15) is 5.11 Å². The Hall–Kier alpha value is -2.54. The van der Waals surface area contributed by atoms with E-state index in [-0.39, 0.29) is 0 Å². The highest BCUT2D eigenvalue weighted by atomic mass is 16.3. The molecule has 2 saturated carbocycles. The molecule has 1 N–H and O–H groups in total. The van der Waals surface area contributed by atoms with Crippen molar-refractivity contribution in [2.45, 2.75) is 83.0 Å². The van der Waals surface area contributed by atoms with Crippen LogP contribution in [0, 0.1) is 5.92 Å². The summed E-state index contributed by atoms with van der Waals surface area (Å²) in [4.78, 5) is 0. The molecule has 172 valence electrons. The number of phenolic OH excluding ortho intramolecular Hbond substituents is 1. The van der Waals surface area contributed by atoms with Gasteiger partial charge in [0.25, 0.3) is 0 Å². The van der Waals surface area contributed by atoms with Gasteiger partial charge < -0.3 is 5.11 Å². The zero-order chi connectivity index (χ0) is 22.6. The van der Waals surface area contributed by atoms with E-state index in [0.717, 1.165) is 11.8 Å². The maximum Gasteiger partial charge on any atom is 0.115 e. The van der Waals surface area contributed by atoms with Gasteiger partial charge in [-0.05, 0) is 102 Å². The molecular formula is C32H38O. The van der Waals surface area contributed by atoms with E-state index in [0.29, 0.717) is 11.7 Å². The van der Waals surface area contributed by atoms with Crippen LogP contribution in [0.4, 0.5) is 0 Å². The average Bonchev–Trinajstić information content (AvgIpc) is 3.71. The van der Waals surface area contributed by atoms with Crippen LogP contribution in [0.25, 0.3) is 22.3 Å². The number of hydrogen-bond donors (Lipinski definition) is 1. The molecule has 0 heterocycles. The van der Waals surface area contributed by atoms with Crippen molar-refractivity contribution in [2.75, 3.05) is 0 Å². The molecule has 3 aromatic rings. The van der Waals surface area contributed by atoms with Gasteiger partial charge in [0.05, 0.1) is 0 Å². The summed E-state index contributed by atoms with van der Waals surface area (Å²) in [5.74, 6) is 2.73. The zero-order valence-electron chi connectivity index (χ0n) is 20.1. The highest BCUT2D eigenvalue weighted by Gasteiger charge is 2.27. The Morgan fingerprint density at radius 3 is 1.97 bits per heavy atom. The molecule has 0 amide bonds. The summed E-state index contributed by atoms with van der Waals surface area (Å²) in [6.45, 7) is 2.30. The Balaban J connectivity index is 1.28. The molecule has 5 rings (SSSR count). The summed E-state index contributed by atoms with van der Waals surface area (Å²) in [7, 11) is 0. The van der Waals surface area contributed by atoms with Gasteiger partial charge in [-0.25, -0.2) is 0 Å². The van der Waals surface area contributed by atoms with E-state index >= 15 is 0 Å². The summed E-state index contributed by atoms with van der Waals surface area (Å²) in [6.07, 6.45) is 13.7. The topological polar surface area (TPSA) is 20.2 Å². The van der Waals surface area contributed by atoms with Gasteiger partial charge in [-0.2, -0.15) is 0 Å². The second kappa shape index (κ2) is 10.2. The Kier molecular flexibility index (Phi) is 6.85. The molecule has 2 aliphatic carbocycles. The third kappa shape index (κ3) is 5.35. The molecule has 1 heteroatoms. The van der Waals surface area contributed by atoms with Crippen LogP contribution in [0.3, 0.4) is 0 Å². The lowest BCUT2D eigenvalue weighted by molar-refractivity contribution is 0.303. The Bertz CT molecular complexity index is 1030. The van der Waals surface area contributed by atoms with Gasteiger partial charge in [0.15, 0.2) is 0 Å². The normalized spacial score (nSPS) is 20.6. The fourth-order valence-electron chi connectivity index (χ4n) is 5.79. The SMILES string of the molecule is CCCCC[C@H]1CC[C@H](c2ccc(-c3ccc(-c4ccc(O)cc4)c(C4CC4)c3)cc2)CC1. The number of benzene rings is 3. The molecule has 2 aliphatic rings. The van der Waals surface area contributed by atoms with E-state index < -0.39 is 0 Å². The Labute approximate surface area is 199 Å². The first-order valence-electron chi connectivity index (χ1n) is 13.2. The van der Waals surface area contributed by atoms with Crippen LogP contribution in [-0.4, -0.2) is 5.11 Å². The lowest BCUT2D eigenvalue weighted by atomic mass is 9.77. The smallest absolute Gasteiger partial charge is 0.115 e. The first-order valence-corrected chi connectivity index (χ1v) is 13.2. The number of phenols is 1. The summed E-state index contributed by atoms with van der Waals surface area (Å²) < 4.78 is 0. The molecule has 1 nitrogen and oxygen atoms in total. The molecule has 0 spiro atoms. The standard InChI is InChI=1S/C32H38O/c1-2-3-4-5-23-6-8-24(9-7-23)25-10-12-26(13-11-25)29-18-21-31(32(22-29)28-14-15-28)27-16-19-30(33)20-17-27/h10-13,16-24,28,33H,2-9,14-15H2,1H3/t23-,24-. The second-order valence-corrected chi connectivity index (χ2v) is 10.5. The zero-order valence-corrected chi connectivity index (χ0v) is 20.1. The summed E-state index contributed by atoms with van der Waals surface area (Å²) in [5.41, 5.74) is 8.16. The lowest BCUT2D eigenvalue weighted by Gasteiger charge is -2.29. The van der Waals surface area contributed by atoms with Crippen LogP contribution in [0.2, 0.25) is 0 Å². The molecule has 0 atom stereocenters. The van der Waals surface area contributed by atoms with Crippen molar-refractivity contribution in [3.8, 4) is 28.0 Å². The van der Waals surface area contributed by atoms with Crippen molar-refractivity contribution < 1.29 is 5.11 Å². The maximum absolute atomic E-state index is 9.66. The lowest BCUT2D eigenvalue weighted by Crippen LogP contribution is -2.13. The van der Waals surface area contributed by atoms with Crippen LogP contribution in [0.1, 0.15) is 94.1 Å². The molecule has 0 aromatic heterocycles. The second-order valence-electron chi connectivity index (χ2n) is 10.5. The first-order chi connectivity index (χ1) is 16.2. The van der Waals surface area contributed by atoms with Gasteiger partial charge >= 0.3 is 0 Å². The molecule has 3 aromatic carbocycles. The molecule has 0 bridgehead atoms. The van der Waals surface area contributed by atoms with Crippen molar-refractivity contribution in [1.82, 2.24) is 0 Å². The van der Waals surface area contributed by atoms with E-state index in [1.165, 1.54) is 97.6 Å². The summed E-state index contributed by atoms with van der Waals surface area (Å²) >= 11 is 0. The fraction of sp³-hybridized carbons (Fsp3) is 0.438. The predicted molar refractivity (Wildman–Crippen MR) is 140 cm³/mol. The van der Waals surface area contributed by atoms with Crippen LogP contribution < -0.4 is 0 Å².